The fourth-order valence-corrected chi connectivity index (χ4v) is 1.64. The van der Waals surface area contributed by atoms with Gasteiger partial charge in [0, 0.05) is 22.7 Å². The molecule has 6 nitrogen and oxygen atoms in total. The number of rotatable bonds is 4. The van der Waals surface area contributed by atoms with Crippen LogP contribution in [0.15, 0.2) is 53.6 Å². The molecule has 0 saturated heterocycles. The van der Waals surface area contributed by atoms with Crippen molar-refractivity contribution in [3.05, 3.63) is 74.8 Å². The number of amides is 1. The van der Waals surface area contributed by atoms with Gasteiger partial charge in [-0.05, 0) is 42.0 Å². The SMILES string of the molecule is O=C(NN=Cc1ccc([N+](=O)[O-])cc1)c1ccc(Cl)cc1. The van der Waals surface area contributed by atoms with E-state index >= 15 is 0 Å². The highest BCUT2D eigenvalue weighted by Crippen LogP contribution is 2.11. The van der Waals surface area contributed by atoms with Gasteiger partial charge in [0.2, 0.25) is 0 Å². The van der Waals surface area contributed by atoms with Crippen LogP contribution < -0.4 is 5.43 Å². The molecule has 0 fully saturated rings. The Bertz CT molecular complexity index is 682. The molecule has 2 rings (SSSR count). The van der Waals surface area contributed by atoms with Crippen molar-refractivity contribution in [2.75, 3.05) is 0 Å². The van der Waals surface area contributed by atoms with E-state index in [9.17, 15) is 14.9 Å². The zero-order valence-electron chi connectivity index (χ0n) is 10.7. The van der Waals surface area contributed by atoms with E-state index in [0.29, 0.717) is 16.1 Å². The second-order valence-electron chi connectivity index (χ2n) is 4.05. The molecule has 2 aromatic carbocycles. The van der Waals surface area contributed by atoms with Gasteiger partial charge in [0.1, 0.15) is 0 Å². The summed E-state index contributed by atoms with van der Waals surface area (Å²) in [6, 6.07) is 12.2. The molecule has 2 aromatic rings. The van der Waals surface area contributed by atoms with Gasteiger partial charge in [-0.15, -0.1) is 0 Å². The maximum absolute atomic E-state index is 11.7. The molecule has 0 unspecified atom stereocenters. The van der Waals surface area contributed by atoms with E-state index in [1.165, 1.54) is 30.5 Å². The Hall–Kier alpha value is -2.73. The summed E-state index contributed by atoms with van der Waals surface area (Å²) in [5, 5.41) is 14.8. The molecule has 0 atom stereocenters. The highest BCUT2D eigenvalue weighted by atomic mass is 35.5. The predicted octanol–water partition coefficient (Wildman–Crippen LogP) is 3.01. The van der Waals surface area contributed by atoms with E-state index in [-0.39, 0.29) is 11.6 Å². The summed E-state index contributed by atoms with van der Waals surface area (Å²) in [5.74, 6) is -0.371. The van der Waals surface area contributed by atoms with Crippen molar-refractivity contribution >= 4 is 29.4 Å². The molecular formula is C14H10ClN3O3. The minimum atomic E-state index is -0.483. The molecule has 0 radical (unpaired) electrons. The first-order valence-electron chi connectivity index (χ1n) is 5.90. The number of non-ortho nitro benzene ring substituents is 1. The van der Waals surface area contributed by atoms with Crippen molar-refractivity contribution in [1.82, 2.24) is 5.43 Å². The number of nitro benzene ring substituents is 1. The van der Waals surface area contributed by atoms with Crippen molar-refractivity contribution in [3.63, 3.8) is 0 Å². The zero-order valence-corrected chi connectivity index (χ0v) is 11.4. The van der Waals surface area contributed by atoms with Gasteiger partial charge >= 0.3 is 0 Å². The summed E-state index contributed by atoms with van der Waals surface area (Å²) in [4.78, 5) is 21.8. The number of hydrogen-bond acceptors (Lipinski definition) is 4. The topological polar surface area (TPSA) is 84.6 Å². The van der Waals surface area contributed by atoms with E-state index in [4.69, 9.17) is 11.6 Å². The quantitative estimate of drug-likeness (QED) is 0.535. The van der Waals surface area contributed by atoms with Gasteiger partial charge in [-0.3, -0.25) is 14.9 Å². The van der Waals surface area contributed by atoms with Gasteiger partial charge in [0.15, 0.2) is 0 Å². The Labute approximate surface area is 125 Å². The first-order chi connectivity index (χ1) is 10.1. The average Bonchev–Trinajstić information content (AvgIpc) is 2.48. The summed E-state index contributed by atoms with van der Waals surface area (Å²) < 4.78 is 0. The van der Waals surface area contributed by atoms with Crippen LogP contribution in [0, 0.1) is 10.1 Å². The number of nitro groups is 1. The molecule has 21 heavy (non-hydrogen) atoms. The number of halogens is 1. The highest BCUT2D eigenvalue weighted by molar-refractivity contribution is 6.30. The number of nitrogens with one attached hydrogen (secondary N) is 1. The van der Waals surface area contributed by atoms with Crippen LogP contribution in [0.5, 0.6) is 0 Å². The highest BCUT2D eigenvalue weighted by Gasteiger charge is 2.04. The van der Waals surface area contributed by atoms with E-state index in [1.54, 1.807) is 24.3 Å². The summed E-state index contributed by atoms with van der Waals surface area (Å²) in [5.41, 5.74) is 3.42. The fraction of sp³-hybridized carbons (Fsp3) is 0. The van der Waals surface area contributed by atoms with Crippen molar-refractivity contribution < 1.29 is 9.72 Å². The Morgan fingerprint density at radius 1 is 1.14 bits per heavy atom. The van der Waals surface area contributed by atoms with Crippen molar-refractivity contribution in [2.24, 2.45) is 5.10 Å². The Kier molecular flexibility index (Phi) is 4.63. The lowest BCUT2D eigenvalue weighted by Gasteiger charge is -1.99. The zero-order chi connectivity index (χ0) is 15.2. The van der Waals surface area contributed by atoms with Crippen LogP contribution in [-0.2, 0) is 0 Å². The Morgan fingerprint density at radius 3 is 2.33 bits per heavy atom. The van der Waals surface area contributed by atoms with Crippen LogP contribution in [0.1, 0.15) is 15.9 Å². The molecule has 7 heteroatoms. The van der Waals surface area contributed by atoms with Crippen molar-refractivity contribution in [1.29, 1.82) is 0 Å². The molecule has 0 aromatic heterocycles. The third-order valence-electron chi connectivity index (χ3n) is 2.59. The molecule has 1 N–H and O–H groups in total. The van der Waals surface area contributed by atoms with Crippen molar-refractivity contribution in [2.45, 2.75) is 0 Å². The van der Waals surface area contributed by atoms with Crippen LogP contribution in [0.25, 0.3) is 0 Å². The van der Waals surface area contributed by atoms with E-state index in [2.05, 4.69) is 10.5 Å². The molecular weight excluding hydrogens is 294 g/mol. The lowest BCUT2D eigenvalue weighted by molar-refractivity contribution is -0.384. The largest absolute Gasteiger partial charge is 0.271 e. The molecule has 0 heterocycles. The molecule has 1 amide bonds. The average molecular weight is 304 g/mol. The third kappa shape index (κ3) is 4.12. The normalized spacial score (nSPS) is 10.5. The number of benzene rings is 2. The lowest BCUT2D eigenvalue weighted by atomic mass is 10.2. The number of hydrogen-bond donors (Lipinski definition) is 1. The van der Waals surface area contributed by atoms with Crippen molar-refractivity contribution in [3.8, 4) is 0 Å². The van der Waals surface area contributed by atoms with Gasteiger partial charge in [-0.1, -0.05) is 11.6 Å². The van der Waals surface area contributed by atoms with E-state index in [1.807, 2.05) is 0 Å². The van der Waals surface area contributed by atoms with Crippen LogP contribution in [0.2, 0.25) is 5.02 Å². The first kappa shape index (κ1) is 14.7. The lowest BCUT2D eigenvalue weighted by Crippen LogP contribution is -2.17. The minimum Gasteiger partial charge on any atom is -0.267 e. The molecule has 0 spiro atoms. The van der Waals surface area contributed by atoms with Gasteiger partial charge in [-0.2, -0.15) is 5.10 Å². The maximum atomic E-state index is 11.7. The Morgan fingerprint density at radius 2 is 1.76 bits per heavy atom. The number of nitrogens with zero attached hydrogens (tertiary/aromatic N) is 2. The van der Waals surface area contributed by atoms with Gasteiger partial charge in [0.25, 0.3) is 11.6 Å². The maximum Gasteiger partial charge on any atom is 0.271 e. The van der Waals surface area contributed by atoms with Crippen LogP contribution in [0.4, 0.5) is 5.69 Å². The molecule has 106 valence electrons. The smallest absolute Gasteiger partial charge is 0.267 e. The Balaban J connectivity index is 1.97. The second kappa shape index (κ2) is 6.62. The second-order valence-corrected chi connectivity index (χ2v) is 4.49. The molecule has 0 aliphatic carbocycles. The standard InChI is InChI=1S/C14H10ClN3O3/c15-12-5-3-11(4-6-12)14(19)17-16-9-10-1-7-13(8-2-10)18(20)21/h1-9H,(H,17,19). The minimum absolute atomic E-state index is 0.00245. The molecule has 0 saturated carbocycles. The monoisotopic (exact) mass is 303 g/mol. The predicted molar refractivity (Wildman–Crippen MR) is 79.6 cm³/mol. The van der Waals surface area contributed by atoms with Gasteiger partial charge < -0.3 is 0 Å². The van der Waals surface area contributed by atoms with E-state index < -0.39 is 4.92 Å². The molecule has 0 aliphatic heterocycles. The number of carbonyl (C=O) groups excluding carboxylic acids is 1. The summed E-state index contributed by atoms with van der Waals surface area (Å²) in [6.45, 7) is 0. The fourth-order valence-electron chi connectivity index (χ4n) is 1.51. The van der Waals surface area contributed by atoms with Crippen LogP contribution >= 0.6 is 11.6 Å². The summed E-state index contributed by atoms with van der Waals surface area (Å²) >= 11 is 5.73. The van der Waals surface area contributed by atoms with Crippen LogP contribution in [-0.4, -0.2) is 17.0 Å². The van der Waals surface area contributed by atoms with Crippen LogP contribution in [0.3, 0.4) is 0 Å². The molecule has 0 aliphatic rings. The first-order valence-corrected chi connectivity index (χ1v) is 6.27. The van der Waals surface area contributed by atoms with E-state index in [0.717, 1.165) is 0 Å². The third-order valence-corrected chi connectivity index (χ3v) is 2.84. The number of hydrazone groups is 1. The molecule has 0 bridgehead atoms. The summed E-state index contributed by atoms with van der Waals surface area (Å²) in [6.07, 6.45) is 1.40. The number of carbonyl (C=O) groups is 1. The van der Waals surface area contributed by atoms with Gasteiger partial charge in [-0.25, -0.2) is 5.43 Å². The summed E-state index contributed by atoms with van der Waals surface area (Å²) in [7, 11) is 0. The van der Waals surface area contributed by atoms with Gasteiger partial charge in [0.05, 0.1) is 11.1 Å².